The minimum Gasteiger partial charge on any atom is -0.462 e. The topological polar surface area (TPSA) is 51.2 Å². The van der Waals surface area contributed by atoms with Gasteiger partial charge < -0.3 is 10.1 Å². The van der Waals surface area contributed by atoms with E-state index in [4.69, 9.17) is 4.74 Å². The highest BCUT2D eigenvalue weighted by atomic mass is 16.5. The molecule has 0 aliphatic carbocycles. The van der Waals surface area contributed by atoms with Crippen molar-refractivity contribution >= 4 is 11.7 Å². The third-order valence-corrected chi connectivity index (χ3v) is 2.87. The largest absolute Gasteiger partial charge is 0.462 e. The molecule has 0 atom stereocenters. The molecule has 1 heterocycles. The zero-order valence-corrected chi connectivity index (χ0v) is 11.7. The fourth-order valence-electron chi connectivity index (χ4n) is 1.75. The van der Waals surface area contributed by atoms with Crippen LogP contribution in [0.15, 0.2) is 42.6 Å². The summed E-state index contributed by atoms with van der Waals surface area (Å²) in [7, 11) is 0. The number of esters is 1. The first-order chi connectivity index (χ1) is 9.69. The Morgan fingerprint density at radius 3 is 2.55 bits per heavy atom. The minimum atomic E-state index is -0.290. The molecule has 0 saturated heterocycles. The van der Waals surface area contributed by atoms with E-state index in [9.17, 15) is 4.79 Å². The number of benzene rings is 1. The Balaban J connectivity index is 1.93. The molecular formula is C16H18N2O2. The van der Waals surface area contributed by atoms with Gasteiger partial charge in [0.05, 0.1) is 12.2 Å². The van der Waals surface area contributed by atoms with Gasteiger partial charge in [-0.15, -0.1) is 0 Å². The van der Waals surface area contributed by atoms with E-state index in [1.165, 1.54) is 0 Å². The number of aromatic nitrogens is 1. The third-order valence-electron chi connectivity index (χ3n) is 2.87. The molecule has 0 aliphatic rings. The number of rotatable bonds is 5. The number of anilines is 1. The second-order valence-electron chi connectivity index (χ2n) is 4.46. The highest BCUT2D eigenvalue weighted by molar-refractivity contribution is 5.89. The van der Waals surface area contributed by atoms with E-state index >= 15 is 0 Å². The van der Waals surface area contributed by atoms with Crippen molar-refractivity contribution < 1.29 is 9.53 Å². The zero-order valence-electron chi connectivity index (χ0n) is 11.7. The Bertz CT molecular complexity index is 562. The number of nitrogens with zero attached hydrogens (tertiary/aromatic N) is 1. The van der Waals surface area contributed by atoms with Crippen LogP contribution in [0.25, 0.3) is 0 Å². The van der Waals surface area contributed by atoms with Gasteiger partial charge in [0.25, 0.3) is 0 Å². The first kappa shape index (κ1) is 14.1. The van der Waals surface area contributed by atoms with Crippen molar-refractivity contribution in [2.24, 2.45) is 0 Å². The molecule has 0 unspecified atom stereocenters. The van der Waals surface area contributed by atoms with Crippen LogP contribution in [-0.4, -0.2) is 17.6 Å². The first-order valence-electron chi connectivity index (χ1n) is 6.61. The van der Waals surface area contributed by atoms with Crippen molar-refractivity contribution in [2.75, 3.05) is 11.9 Å². The molecule has 2 rings (SSSR count). The van der Waals surface area contributed by atoms with Gasteiger partial charge in [-0.2, -0.15) is 0 Å². The molecular weight excluding hydrogens is 252 g/mol. The molecule has 0 fully saturated rings. The lowest BCUT2D eigenvalue weighted by molar-refractivity contribution is 0.0526. The fraction of sp³-hybridized carbons (Fsp3) is 0.250. The predicted molar refractivity (Wildman–Crippen MR) is 78.7 cm³/mol. The van der Waals surface area contributed by atoms with E-state index in [0.29, 0.717) is 18.7 Å². The summed E-state index contributed by atoms with van der Waals surface area (Å²) >= 11 is 0. The molecule has 1 aromatic carbocycles. The average Bonchev–Trinajstić information content (AvgIpc) is 2.47. The van der Waals surface area contributed by atoms with Crippen molar-refractivity contribution in [2.45, 2.75) is 20.4 Å². The van der Waals surface area contributed by atoms with E-state index in [1.807, 2.05) is 37.4 Å². The predicted octanol–water partition coefficient (Wildman–Crippen LogP) is 3.18. The van der Waals surface area contributed by atoms with Gasteiger partial charge in [-0.05, 0) is 49.7 Å². The summed E-state index contributed by atoms with van der Waals surface area (Å²) in [4.78, 5) is 15.8. The molecule has 1 aromatic heterocycles. The molecule has 4 heteroatoms. The summed E-state index contributed by atoms with van der Waals surface area (Å²) in [6.45, 7) is 4.85. The lowest BCUT2D eigenvalue weighted by atomic mass is 10.2. The maximum absolute atomic E-state index is 11.5. The standard InChI is InChI=1S/C16H18N2O2/c1-3-20-16(19)14-6-8-15(9-7-14)18-11-13-5-4-12(2)17-10-13/h4-10,18H,3,11H2,1-2H3. The van der Waals surface area contributed by atoms with Crippen LogP contribution in [0.1, 0.15) is 28.5 Å². The molecule has 104 valence electrons. The monoisotopic (exact) mass is 270 g/mol. The van der Waals surface area contributed by atoms with Crippen LogP contribution in [0.4, 0.5) is 5.69 Å². The van der Waals surface area contributed by atoms with Gasteiger partial charge in [-0.25, -0.2) is 4.79 Å². The van der Waals surface area contributed by atoms with Crippen molar-refractivity contribution in [1.82, 2.24) is 4.98 Å². The molecule has 0 saturated carbocycles. The van der Waals surface area contributed by atoms with Gasteiger partial charge in [0, 0.05) is 24.1 Å². The second kappa shape index (κ2) is 6.70. The molecule has 0 amide bonds. The van der Waals surface area contributed by atoms with Crippen LogP contribution in [0.5, 0.6) is 0 Å². The number of nitrogens with one attached hydrogen (secondary N) is 1. The smallest absolute Gasteiger partial charge is 0.338 e. The molecule has 1 N–H and O–H groups in total. The Morgan fingerprint density at radius 1 is 1.20 bits per heavy atom. The summed E-state index contributed by atoms with van der Waals surface area (Å²) < 4.78 is 4.94. The molecule has 0 bridgehead atoms. The van der Waals surface area contributed by atoms with Crippen molar-refractivity contribution in [3.8, 4) is 0 Å². The number of pyridine rings is 1. The first-order valence-corrected chi connectivity index (χ1v) is 6.61. The quantitative estimate of drug-likeness (QED) is 0.848. The van der Waals surface area contributed by atoms with E-state index in [2.05, 4.69) is 10.3 Å². The fourth-order valence-corrected chi connectivity index (χ4v) is 1.75. The van der Waals surface area contributed by atoms with Crippen LogP contribution >= 0.6 is 0 Å². The number of carbonyl (C=O) groups is 1. The number of carbonyl (C=O) groups excluding carboxylic acids is 1. The number of hydrogen-bond acceptors (Lipinski definition) is 4. The normalized spacial score (nSPS) is 10.1. The molecule has 2 aromatic rings. The van der Waals surface area contributed by atoms with Crippen LogP contribution < -0.4 is 5.32 Å². The molecule has 0 spiro atoms. The van der Waals surface area contributed by atoms with E-state index in [1.54, 1.807) is 19.1 Å². The summed E-state index contributed by atoms with van der Waals surface area (Å²) in [6, 6.07) is 11.3. The van der Waals surface area contributed by atoms with Crippen molar-refractivity contribution in [3.05, 3.63) is 59.4 Å². The lowest BCUT2D eigenvalue weighted by Gasteiger charge is -2.07. The van der Waals surface area contributed by atoms with E-state index in [-0.39, 0.29) is 5.97 Å². The number of hydrogen-bond donors (Lipinski definition) is 1. The Labute approximate surface area is 118 Å². The van der Waals surface area contributed by atoms with Crippen molar-refractivity contribution in [3.63, 3.8) is 0 Å². The van der Waals surface area contributed by atoms with Crippen molar-refractivity contribution in [1.29, 1.82) is 0 Å². The summed E-state index contributed by atoms with van der Waals surface area (Å²) in [6.07, 6.45) is 1.86. The maximum atomic E-state index is 11.5. The summed E-state index contributed by atoms with van der Waals surface area (Å²) in [5.74, 6) is -0.290. The van der Waals surface area contributed by atoms with Gasteiger partial charge in [0.1, 0.15) is 0 Å². The molecule has 0 radical (unpaired) electrons. The highest BCUT2D eigenvalue weighted by Crippen LogP contribution is 2.12. The van der Waals surface area contributed by atoms with E-state index < -0.39 is 0 Å². The van der Waals surface area contributed by atoms with Crippen LogP contribution in [-0.2, 0) is 11.3 Å². The highest BCUT2D eigenvalue weighted by Gasteiger charge is 2.05. The van der Waals surface area contributed by atoms with Gasteiger partial charge in [0.2, 0.25) is 0 Å². The Morgan fingerprint density at radius 2 is 1.95 bits per heavy atom. The van der Waals surface area contributed by atoms with Gasteiger partial charge in [-0.1, -0.05) is 6.07 Å². The second-order valence-corrected chi connectivity index (χ2v) is 4.46. The molecule has 0 aliphatic heterocycles. The van der Waals surface area contributed by atoms with Crippen LogP contribution in [0.3, 0.4) is 0 Å². The Kier molecular flexibility index (Phi) is 4.71. The lowest BCUT2D eigenvalue weighted by Crippen LogP contribution is -2.05. The third kappa shape index (κ3) is 3.82. The summed E-state index contributed by atoms with van der Waals surface area (Å²) in [5, 5.41) is 3.29. The molecule has 20 heavy (non-hydrogen) atoms. The van der Waals surface area contributed by atoms with Crippen LogP contribution in [0.2, 0.25) is 0 Å². The zero-order chi connectivity index (χ0) is 14.4. The van der Waals surface area contributed by atoms with Gasteiger partial charge in [0.15, 0.2) is 0 Å². The minimum absolute atomic E-state index is 0.290. The SMILES string of the molecule is CCOC(=O)c1ccc(NCc2ccc(C)nc2)cc1. The van der Waals surface area contributed by atoms with Crippen LogP contribution in [0, 0.1) is 6.92 Å². The number of aryl methyl sites for hydroxylation is 1. The van der Waals surface area contributed by atoms with Gasteiger partial charge >= 0.3 is 5.97 Å². The van der Waals surface area contributed by atoms with E-state index in [0.717, 1.165) is 16.9 Å². The molecule has 4 nitrogen and oxygen atoms in total. The summed E-state index contributed by atoms with van der Waals surface area (Å²) in [5.41, 5.74) is 3.64. The number of ether oxygens (including phenoxy) is 1. The average molecular weight is 270 g/mol. The van der Waals surface area contributed by atoms with Gasteiger partial charge in [-0.3, -0.25) is 4.98 Å². The maximum Gasteiger partial charge on any atom is 0.338 e. The Hall–Kier alpha value is -2.36.